The smallest absolute Gasteiger partial charge is 0.128 e. The quantitative estimate of drug-likeness (QED) is 0.910. The van der Waals surface area contributed by atoms with Crippen molar-refractivity contribution in [3.8, 4) is 0 Å². The normalized spacial score (nSPS) is 12.6. The van der Waals surface area contributed by atoms with Gasteiger partial charge >= 0.3 is 0 Å². The largest absolute Gasteiger partial charge is 0.308 e. The van der Waals surface area contributed by atoms with Gasteiger partial charge in [-0.05, 0) is 37.7 Å². The highest BCUT2D eigenvalue weighted by atomic mass is 35.5. The lowest BCUT2D eigenvalue weighted by atomic mass is 10.0. The zero-order valence-corrected chi connectivity index (χ0v) is 11.8. The van der Waals surface area contributed by atoms with Crippen LogP contribution in [0.5, 0.6) is 0 Å². The molecule has 1 heterocycles. The summed E-state index contributed by atoms with van der Waals surface area (Å²) in [7, 11) is 1.80. The van der Waals surface area contributed by atoms with Crippen LogP contribution in [0.3, 0.4) is 0 Å². The third-order valence-electron chi connectivity index (χ3n) is 3.04. The number of aromatic nitrogens is 2. The number of hydrogen-bond donors (Lipinski definition) is 1. The molecule has 0 saturated heterocycles. The molecule has 1 N–H and O–H groups in total. The van der Waals surface area contributed by atoms with E-state index < -0.39 is 0 Å². The minimum Gasteiger partial charge on any atom is -0.308 e. The van der Waals surface area contributed by atoms with Gasteiger partial charge in [0.05, 0.1) is 11.7 Å². The molecule has 0 aliphatic heterocycles. The zero-order chi connectivity index (χ0) is 13.8. The zero-order valence-electron chi connectivity index (χ0n) is 11.0. The van der Waals surface area contributed by atoms with Gasteiger partial charge in [-0.1, -0.05) is 18.5 Å². The Morgan fingerprint density at radius 1 is 1.42 bits per heavy atom. The van der Waals surface area contributed by atoms with Crippen molar-refractivity contribution >= 4 is 11.6 Å². The second-order valence-corrected chi connectivity index (χ2v) is 4.80. The van der Waals surface area contributed by atoms with E-state index in [0.29, 0.717) is 10.6 Å². The maximum atomic E-state index is 14.0. The van der Waals surface area contributed by atoms with Gasteiger partial charge in [-0.2, -0.15) is 5.10 Å². The number of benzene rings is 1. The highest BCUT2D eigenvalue weighted by Crippen LogP contribution is 2.26. The predicted octanol–water partition coefficient (Wildman–Crippen LogP) is 3.39. The van der Waals surface area contributed by atoms with Crippen molar-refractivity contribution in [1.82, 2.24) is 15.1 Å². The van der Waals surface area contributed by atoms with Crippen LogP contribution in [-0.2, 0) is 6.54 Å². The predicted molar refractivity (Wildman–Crippen MR) is 74.8 cm³/mol. The first-order chi connectivity index (χ1) is 9.17. The average Bonchev–Trinajstić information content (AvgIpc) is 2.83. The molecule has 0 spiro atoms. The Morgan fingerprint density at radius 2 is 2.21 bits per heavy atom. The van der Waals surface area contributed by atoms with E-state index in [-0.39, 0.29) is 11.9 Å². The fourth-order valence-corrected chi connectivity index (χ4v) is 2.37. The monoisotopic (exact) mass is 281 g/mol. The van der Waals surface area contributed by atoms with E-state index in [1.165, 1.54) is 6.07 Å². The summed E-state index contributed by atoms with van der Waals surface area (Å²) in [4.78, 5) is 0. The Hall–Kier alpha value is -1.39. The number of hydrogen-bond acceptors (Lipinski definition) is 2. The summed E-state index contributed by atoms with van der Waals surface area (Å²) in [5.41, 5.74) is 1.47. The molecular weight excluding hydrogens is 265 g/mol. The van der Waals surface area contributed by atoms with Crippen molar-refractivity contribution in [3.05, 3.63) is 52.6 Å². The van der Waals surface area contributed by atoms with E-state index in [2.05, 4.69) is 17.3 Å². The van der Waals surface area contributed by atoms with E-state index in [9.17, 15) is 4.39 Å². The maximum Gasteiger partial charge on any atom is 0.128 e. The van der Waals surface area contributed by atoms with Gasteiger partial charge in [0.15, 0.2) is 0 Å². The van der Waals surface area contributed by atoms with Crippen LogP contribution in [0.4, 0.5) is 4.39 Å². The lowest BCUT2D eigenvalue weighted by molar-refractivity contribution is 0.516. The summed E-state index contributed by atoms with van der Waals surface area (Å²) >= 11 is 5.96. The topological polar surface area (TPSA) is 29.9 Å². The minimum atomic E-state index is -0.270. The van der Waals surface area contributed by atoms with Crippen LogP contribution in [0, 0.1) is 5.82 Å². The van der Waals surface area contributed by atoms with Gasteiger partial charge in [-0.25, -0.2) is 4.39 Å². The molecule has 1 aromatic heterocycles. The lowest BCUT2D eigenvalue weighted by Crippen LogP contribution is -2.22. The van der Waals surface area contributed by atoms with E-state index in [4.69, 9.17) is 11.6 Å². The molecule has 102 valence electrons. The molecular formula is C14H17ClFN3. The van der Waals surface area contributed by atoms with Gasteiger partial charge in [0, 0.05) is 23.3 Å². The van der Waals surface area contributed by atoms with E-state index in [1.54, 1.807) is 25.4 Å². The van der Waals surface area contributed by atoms with Gasteiger partial charge < -0.3 is 5.32 Å². The Balaban J connectivity index is 2.44. The Kier molecular flexibility index (Phi) is 4.56. The van der Waals surface area contributed by atoms with Crippen molar-refractivity contribution in [1.29, 1.82) is 0 Å². The lowest BCUT2D eigenvalue weighted by Gasteiger charge is -2.19. The third kappa shape index (κ3) is 2.96. The summed E-state index contributed by atoms with van der Waals surface area (Å²) in [6, 6.07) is 6.24. The molecule has 1 aromatic carbocycles. The maximum absolute atomic E-state index is 14.0. The minimum absolute atomic E-state index is 0.257. The summed E-state index contributed by atoms with van der Waals surface area (Å²) < 4.78 is 15.9. The molecule has 0 bridgehead atoms. The molecule has 0 fully saturated rings. The van der Waals surface area contributed by atoms with Crippen LogP contribution in [0.15, 0.2) is 30.5 Å². The SMILES string of the molecule is CCCn1nccc1C(NC)c1cc(Cl)ccc1F. The first kappa shape index (κ1) is 14.0. The summed E-state index contributed by atoms with van der Waals surface area (Å²) in [5.74, 6) is -0.270. The van der Waals surface area contributed by atoms with Crippen molar-refractivity contribution < 1.29 is 4.39 Å². The molecule has 3 nitrogen and oxygen atoms in total. The highest BCUT2D eigenvalue weighted by molar-refractivity contribution is 6.30. The number of halogens is 2. The van der Waals surface area contributed by atoms with E-state index in [1.807, 2.05) is 10.7 Å². The molecule has 0 radical (unpaired) electrons. The molecule has 2 rings (SSSR count). The summed E-state index contributed by atoms with van der Waals surface area (Å²) in [6.07, 6.45) is 2.71. The van der Waals surface area contributed by atoms with Crippen molar-refractivity contribution in [2.24, 2.45) is 0 Å². The molecule has 1 atom stereocenters. The summed E-state index contributed by atoms with van der Waals surface area (Å²) in [5, 5.41) is 7.93. The fraction of sp³-hybridized carbons (Fsp3) is 0.357. The molecule has 0 aliphatic rings. The first-order valence-electron chi connectivity index (χ1n) is 6.31. The molecule has 2 aromatic rings. The van der Waals surface area contributed by atoms with E-state index >= 15 is 0 Å². The summed E-state index contributed by atoms with van der Waals surface area (Å²) in [6.45, 7) is 2.89. The van der Waals surface area contributed by atoms with Gasteiger partial charge in [0.25, 0.3) is 0 Å². The van der Waals surface area contributed by atoms with Crippen LogP contribution in [-0.4, -0.2) is 16.8 Å². The van der Waals surface area contributed by atoms with Crippen molar-refractivity contribution in [2.75, 3.05) is 7.05 Å². The van der Waals surface area contributed by atoms with Gasteiger partial charge in [-0.3, -0.25) is 4.68 Å². The molecule has 0 saturated carbocycles. The number of nitrogens with one attached hydrogen (secondary N) is 1. The van der Waals surface area contributed by atoms with Crippen LogP contribution in [0.2, 0.25) is 5.02 Å². The second kappa shape index (κ2) is 6.17. The molecule has 5 heteroatoms. The second-order valence-electron chi connectivity index (χ2n) is 4.37. The molecule has 0 aliphatic carbocycles. The number of nitrogens with zero attached hydrogens (tertiary/aromatic N) is 2. The van der Waals surface area contributed by atoms with Crippen LogP contribution < -0.4 is 5.32 Å². The number of aryl methyl sites for hydroxylation is 1. The Bertz CT molecular complexity index is 553. The Labute approximate surface area is 117 Å². The van der Waals surface area contributed by atoms with Crippen molar-refractivity contribution in [2.45, 2.75) is 25.9 Å². The average molecular weight is 282 g/mol. The molecule has 0 amide bonds. The van der Waals surface area contributed by atoms with Gasteiger partial charge in [-0.15, -0.1) is 0 Å². The molecule has 1 unspecified atom stereocenters. The molecule has 19 heavy (non-hydrogen) atoms. The van der Waals surface area contributed by atoms with Crippen LogP contribution in [0.1, 0.15) is 30.6 Å². The van der Waals surface area contributed by atoms with Crippen LogP contribution >= 0.6 is 11.6 Å². The number of rotatable bonds is 5. The Morgan fingerprint density at radius 3 is 2.89 bits per heavy atom. The first-order valence-corrected chi connectivity index (χ1v) is 6.69. The third-order valence-corrected chi connectivity index (χ3v) is 3.27. The van der Waals surface area contributed by atoms with Gasteiger partial charge in [0.2, 0.25) is 0 Å². The van der Waals surface area contributed by atoms with Crippen molar-refractivity contribution in [3.63, 3.8) is 0 Å². The standard InChI is InChI=1S/C14H17ClFN3/c1-3-8-19-13(6-7-18-19)14(17-2)11-9-10(15)4-5-12(11)16/h4-7,9,14,17H,3,8H2,1-2H3. The van der Waals surface area contributed by atoms with Crippen LogP contribution in [0.25, 0.3) is 0 Å². The fourth-order valence-electron chi connectivity index (χ4n) is 2.19. The highest BCUT2D eigenvalue weighted by Gasteiger charge is 2.20. The van der Waals surface area contributed by atoms with Gasteiger partial charge in [0.1, 0.15) is 5.82 Å². The van der Waals surface area contributed by atoms with E-state index in [0.717, 1.165) is 18.7 Å².